The number of rotatable bonds is 4. The van der Waals surface area contributed by atoms with E-state index in [1.807, 2.05) is 0 Å². The van der Waals surface area contributed by atoms with Crippen molar-refractivity contribution in [1.29, 1.82) is 5.26 Å². The van der Waals surface area contributed by atoms with Crippen LogP contribution in [0.15, 0.2) is 23.8 Å². The van der Waals surface area contributed by atoms with Crippen LogP contribution in [0.25, 0.3) is 6.08 Å². The Morgan fingerprint density at radius 3 is 2.78 bits per heavy atom. The van der Waals surface area contributed by atoms with Crippen LogP contribution in [0.4, 0.5) is 0 Å². The van der Waals surface area contributed by atoms with E-state index in [1.54, 1.807) is 31.2 Å². The van der Waals surface area contributed by atoms with Crippen molar-refractivity contribution in [2.75, 3.05) is 13.7 Å². The molecule has 0 aliphatic rings. The third-order valence-corrected chi connectivity index (χ3v) is 2.45. The number of benzene rings is 1. The predicted molar refractivity (Wildman–Crippen MR) is 68.2 cm³/mol. The van der Waals surface area contributed by atoms with Gasteiger partial charge < -0.3 is 9.47 Å². The molecule has 1 aromatic rings. The number of esters is 1. The molecule has 0 spiro atoms. The number of carbonyl (C=O) groups is 1. The predicted octanol–water partition coefficient (Wildman–Crippen LogP) is 2.82. The van der Waals surface area contributed by atoms with Crippen molar-refractivity contribution in [2.45, 2.75) is 6.92 Å². The topological polar surface area (TPSA) is 59.3 Å². The second-order valence-corrected chi connectivity index (χ2v) is 3.68. The number of methoxy groups -OCH3 is 1. The number of carbonyl (C=O) groups excluding carboxylic acids is 1. The molecule has 0 aliphatic heterocycles. The number of nitriles is 1. The highest BCUT2D eigenvalue weighted by atomic mass is 35.5. The molecule has 0 atom stereocenters. The van der Waals surface area contributed by atoms with E-state index in [-0.39, 0.29) is 12.2 Å². The molecule has 0 fully saturated rings. The van der Waals surface area contributed by atoms with E-state index in [9.17, 15) is 4.79 Å². The highest BCUT2D eigenvalue weighted by Gasteiger charge is 2.11. The van der Waals surface area contributed by atoms with E-state index in [4.69, 9.17) is 26.3 Å². The van der Waals surface area contributed by atoms with Crippen molar-refractivity contribution in [3.05, 3.63) is 34.4 Å². The Balaban J connectivity index is 3.07. The van der Waals surface area contributed by atoms with Crippen LogP contribution in [0.3, 0.4) is 0 Å². The SMILES string of the molecule is CCOC(=O)/C(C#N)=C/c1ccc(OC)cc1Cl. The zero-order valence-electron chi connectivity index (χ0n) is 10.1. The second-order valence-electron chi connectivity index (χ2n) is 3.28. The fourth-order valence-corrected chi connectivity index (χ4v) is 1.48. The summed E-state index contributed by atoms with van der Waals surface area (Å²) in [6.45, 7) is 1.89. The minimum absolute atomic E-state index is 0.0936. The molecule has 1 aromatic carbocycles. The molecule has 0 radical (unpaired) electrons. The Morgan fingerprint density at radius 2 is 2.28 bits per heavy atom. The summed E-state index contributed by atoms with van der Waals surface area (Å²) in [5, 5.41) is 9.28. The molecule has 0 N–H and O–H groups in total. The first-order valence-corrected chi connectivity index (χ1v) is 5.62. The molecular formula is C13H12ClNO3. The maximum absolute atomic E-state index is 11.4. The van der Waals surface area contributed by atoms with Crippen LogP contribution in [-0.4, -0.2) is 19.7 Å². The fraction of sp³-hybridized carbons (Fsp3) is 0.231. The summed E-state index contributed by atoms with van der Waals surface area (Å²) in [5.41, 5.74) is 0.464. The summed E-state index contributed by atoms with van der Waals surface area (Å²) in [6.07, 6.45) is 1.39. The van der Waals surface area contributed by atoms with Crippen LogP contribution < -0.4 is 4.74 Å². The number of nitrogens with zero attached hydrogens (tertiary/aromatic N) is 1. The highest BCUT2D eigenvalue weighted by Crippen LogP contribution is 2.24. The minimum Gasteiger partial charge on any atom is -0.497 e. The van der Waals surface area contributed by atoms with Crippen LogP contribution >= 0.6 is 11.6 Å². The normalized spacial score (nSPS) is 10.7. The smallest absolute Gasteiger partial charge is 0.348 e. The Hall–Kier alpha value is -1.99. The first kappa shape index (κ1) is 14.1. The van der Waals surface area contributed by atoms with Gasteiger partial charge in [0.1, 0.15) is 17.4 Å². The monoisotopic (exact) mass is 265 g/mol. The lowest BCUT2D eigenvalue weighted by atomic mass is 10.1. The van der Waals surface area contributed by atoms with E-state index >= 15 is 0 Å². The lowest BCUT2D eigenvalue weighted by Gasteiger charge is -2.04. The Morgan fingerprint density at radius 1 is 1.56 bits per heavy atom. The van der Waals surface area contributed by atoms with Crippen LogP contribution in [-0.2, 0) is 9.53 Å². The van der Waals surface area contributed by atoms with Crippen LogP contribution in [0.5, 0.6) is 5.75 Å². The third kappa shape index (κ3) is 3.51. The van der Waals surface area contributed by atoms with Crippen molar-refractivity contribution in [1.82, 2.24) is 0 Å². The number of halogens is 1. The van der Waals surface area contributed by atoms with E-state index in [2.05, 4.69) is 0 Å². The van der Waals surface area contributed by atoms with E-state index in [1.165, 1.54) is 13.2 Å². The average molecular weight is 266 g/mol. The van der Waals surface area contributed by atoms with Crippen molar-refractivity contribution >= 4 is 23.6 Å². The molecule has 0 heterocycles. The molecule has 0 amide bonds. The van der Waals surface area contributed by atoms with Crippen molar-refractivity contribution in [3.8, 4) is 11.8 Å². The molecule has 0 bridgehead atoms. The van der Waals surface area contributed by atoms with Crippen LogP contribution in [0, 0.1) is 11.3 Å². The first-order chi connectivity index (χ1) is 8.62. The number of ether oxygens (including phenoxy) is 2. The van der Waals surface area contributed by atoms with Gasteiger partial charge in [-0.2, -0.15) is 5.26 Å². The molecular weight excluding hydrogens is 254 g/mol. The summed E-state index contributed by atoms with van der Waals surface area (Å²) in [6, 6.07) is 6.75. The maximum Gasteiger partial charge on any atom is 0.348 e. The van der Waals surface area contributed by atoms with Gasteiger partial charge in [0.25, 0.3) is 0 Å². The molecule has 1 rings (SSSR count). The summed E-state index contributed by atoms with van der Waals surface area (Å²) in [5.74, 6) is -0.0568. The number of hydrogen-bond acceptors (Lipinski definition) is 4. The van der Waals surface area contributed by atoms with Crippen molar-refractivity contribution in [3.63, 3.8) is 0 Å². The number of hydrogen-bond donors (Lipinski definition) is 0. The van der Waals surface area contributed by atoms with Gasteiger partial charge in [-0.05, 0) is 36.8 Å². The molecule has 0 aromatic heterocycles. The third-order valence-electron chi connectivity index (χ3n) is 2.12. The van der Waals surface area contributed by atoms with Gasteiger partial charge in [0, 0.05) is 0 Å². The highest BCUT2D eigenvalue weighted by molar-refractivity contribution is 6.32. The van der Waals surface area contributed by atoms with Gasteiger partial charge in [0.2, 0.25) is 0 Å². The second kappa shape index (κ2) is 6.67. The summed E-state index contributed by atoms with van der Waals surface area (Å²) in [4.78, 5) is 11.4. The summed E-state index contributed by atoms with van der Waals surface area (Å²) in [7, 11) is 1.53. The molecule has 94 valence electrons. The molecule has 0 saturated carbocycles. The summed E-state index contributed by atoms with van der Waals surface area (Å²) >= 11 is 6.00. The van der Waals surface area contributed by atoms with Crippen molar-refractivity contribution in [2.24, 2.45) is 0 Å². The lowest BCUT2D eigenvalue weighted by molar-refractivity contribution is -0.137. The van der Waals surface area contributed by atoms with E-state index in [0.29, 0.717) is 16.3 Å². The summed E-state index contributed by atoms with van der Waals surface area (Å²) < 4.78 is 9.76. The molecule has 0 unspecified atom stereocenters. The fourth-order valence-electron chi connectivity index (χ4n) is 1.25. The van der Waals surface area contributed by atoms with Gasteiger partial charge in [-0.25, -0.2) is 4.79 Å². The molecule has 18 heavy (non-hydrogen) atoms. The van der Waals surface area contributed by atoms with Gasteiger partial charge in [-0.1, -0.05) is 11.6 Å². The standard InChI is InChI=1S/C13H12ClNO3/c1-3-18-13(16)10(8-15)6-9-4-5-11(17-2)7-12(9)14/h4-7H,3H2,1-2H3/b10-6+. The molecule has 0 saturated heterocycles. The van der Waals surface area contributed by atoms with Gasteiger partial charge in [-0.15, -0.1) is 0 Å². The van der Waals surface area contributed by atoms with E-state index < -0.39 is 5.97 Å². The zero-order chi connectivity index (χ0) is 13.5. The Labute approximate surface area is 110 Å². The van der Waals surface area contributed by atoms with Crippen LogP contribution in [0.1, 0.15) is 12.5 Å². The lowest BCUT2D eigenvalue weighted by Crippen LogP contribution is -2.06. The molecule has 5 heteroatoms. The molecule has 0 aliphatic carbocycles. The minimum atomic E-state index is -0.660. The van der Waals surface area contributed by atoms with Gasteiger partial charge in [-0.3, -0.25) is 0 Å². The maximum atomic E-state index is 11.4. The van der Waals surface area contributed by atoms with Crippen molar-refractivity contribution < 1.29 is 14.3 Å². The molecule has 4 nitrogen and oxygen atoms in total. The van der Waals surface area contributed by atoms with E-state index in [0.717, 1.165) is 0 Å². The van der Waals surface area contributed by atoms with Gasteiger partial charge in [0.15, 0.2) is 0 Å². The van der Waals surface area contributed by atoms with Crippen LogP contribution in [0.2, 0.25) is 5.02 Å². The Bertz CT molecular complexity index is 517. The average Bonchev–Trinajstić information content (AvgIpc) is 2.37. The Kier molecular flexibility index (Phi) is 5.22. The van der Waals surface area contributed by atoms with Gasteiger partial charge >= 0.3 is 5.97 Å². The zero-order valence-corrected chi connectivity index (χ0v) is 10.8. The largest absolute Gasteiger partial charge is 0.497 e. The quantitative estimate of drug-likeness (QED) is 0.477. The van der Waals surface area contributed by atoms with Gasteiger partial charge in [0.05, 0.1) is 18.7 Å². The first-order valence-electron chi connectivity index (χ1n) is 5.24.